The number of piperidine rings is 1. The Morgan fingerprint density at radius 3 is 1.47 bits per heavy atom. The zero-order valence-corrected chi connectivity index (χ0v) is 53.8. The van der Waals surface area contributed by atoms with Gasteiger partial charge in [0.1, 0.15) is 12.1 Å². The van der Waals surface area contributed by atoms with Crippen LogP contribution in [0.5, 0.6) is 0 Å². The number of guanidine groups is 1. The second-order valence-corrected chi connectivity index (χ2v) is 21.4. The Balaban J connectivity index is 0.00000237. The summed E-state index contributed by atoms with van der Waals surface area (Å²) in [6.07, 6.45) is -21.2. The van der Waals surface area contributed by atoms with Crippen molar-refractivity contribution in [1.82, 2.24) is 41.3 Å². The minimum atomic E-state index is -5.08. The smallest absolute Gasteiger partial charge is 0.475 e. The first-order chi connectivity index (χ1) is 46.9. The van der Waals surface area contributed by atoms with E-state index < -0.39 is 96.6 Å². The van der Waals surface area contributed by atoms with E-state index in [9.17, 15) is 99.4 Å². The average molecular weight is 1500 g/mol. The molecule has 3 atom stereocenters. The van der Waals surface area contributed by atoms with Crippen molar-refractivity contribution in [2.45, 2.75) is 120 Å². The van der Waals surface area contributed by atoms with E-state index in [2.05, 4.69) is 51.6 Å². The van der Waals surface area contributed by atoms with Crippen LogP contribution in [0.25, 0.3) is 0 Å². The van der Waals surface area contributed by atoms with Gasteiger partial charge in [0.2, 0.25) is 35.4 Å². The second kappa shape index (κ2) is 43.8. The Morgan fingerprint density at radius 2 is 1.02 bits per heavy atom. The number of carboxylic acids is 5. The molecule has 2 aromatic rings. The molecule has 0 bridgehead atoms. The molecule has 0 radical (unpaired) electrons. The Kier molecular flexibility index (Phi) is 39.7. The fourth-order valence-electron chi connectivity index (χ4n) is 8.44. The van der Waals surface area contributed by atoms with E-state index >= 15 is 0 Å². The summed E-state index contributed by atoms with van der Waals surface area (Å²) in [5.74, 6) is -16.3. The predicted octanol–water partition coefficient (Wildman–Crippen LogP) is 2.46. The molecule has 0 spiro atoms. The largest absolute Gasteiger partial charge is 0.490 e. The molecule has 0 unspecified atom stereocenters. The summed E-state index contributed by atoms with van der Waals surface area (Å²) >= 11 is 0. The van der Waals surface area contributed by atoms with Crippen LogP contribution in [0.1, 0.15) is 75.6 Å². The van der Waals surface area contributed by atoms with Crippen molar-refractivity contribution in [2.75, 3.05) is 88.8 Å². The van der Waals surface area contributed by atoms with Crippen molar-refractivity contribution < 1.29 is 149 Å². The van der Waals surface area contributed by atoms with Crippen molar-refractivity contribution >= 4 is 94.2 Å². The van der Waals surface area contributed by atoms with E-state index in [1.54, 1.807) is 29.2 Å². The highest BCUT2D eigenvalue weighted by molar-refractivity contribution is 6.18. The number of para-hydroxylation sites is 3. The second-order valence-electron chi connectivity index (χ2n) is 21.4. The summed E-state index contributed by atoms with van der Waals surface area (Å²) in [5.41, 5.74) is 18.8. The highest BCUT2D eigenvalue weighted by atomic mass is 19.4. The van der Waals surface area contributed by atoms with E-state index in [4.69, 9.17) is 66.7 Å². The van der Waals surface area contributed by atoms with Crippen LogP contribution in [0.2, 0.25) is 0 Å². The highest BCUT2D eigenvalue weighted by Crippen LogP contribution is 2.38. The molecule has 46 heteroatoms. The van der Waals surface area contributed by atoms with Crippen molar-refractivity contribution in [2.24, 2.45) is 22.2 Å². The number of carboxylic acid groups (broad SMARTS) is 5. The van der Waals surface area contributed by atoms with Crippen LogP contribution in [0.3, 0.4) is 0 Å². The third-order valence-corrected chi connectivity index (χ3v) is 13.4. The Hall–Kier alpha value is -9.70. The molecule has 2 aromatic carbocycles. The van der Waals surface area contributed by atoms with E-state index in [1.165, 1.54) is 13.8 Å². The van der Waals surface area contributed by atoms with Gasteiger partial charge in [-0.2, -0.15) is 65.9 Å². The lowest BCUT2D eigenvalue weighted by molar-refractivity contribution is -0.193. The Morgan fingerprint density at radius 1 is 0.578 bits per heavy atom. The van der Waals surface area contributed by atoms with E-state index in [0.717, 1.165) is 39.0 Å². The SMILES string of the molecule is CC(=O)NC(=O)[C@H](CCCCN)NC(=O)[C@H](C)NC(=O)[C@H](CCCN=C(N)N)NCCN1CCN(CCC(=O)NC2CCN(CC(=O)N3c4ccccc4NC(=O)c4ccccc43)CC2)CC1.O=C(O)C(F)(F)F.O=C(O)C(F)(F)F.O=C(O)C(F)(F)F.O=C(O)C(F)(F)F.O=C(O)C(F)(F)F. The summed E-state index contributed by atoms with van der Waals surface area (Å²) in [5, 5.41) is 52.7. The van der Waals surface area contributed by atoms with Gasteiger partial charge in [0.05, 0.1) is 35.2 Å². The minimum Gasteiger partial charge on any atom is -0.475 e. The van der Waals surface area contributed by atoms with E-state index in [1.807, 2.05) is 24.3 Å². The summed E-state index contributed by atoms with van der Waals surface area (Å²) in [7, 11) is 0. The van der Waals surface area contributed by atoms with Gasteiger partial charge in [0.15, 0.2) is 5.96 Å². The zero-order valence-electron chi connectivity index (χ0n) is 53.8. The Bertz CT molecular complexity index is 3000. The molecule has 3 heterocycles. The zero-order chi connectivity index (χ0) is 78.7. The molecule has 2 saturated heterocycles. The number of piperazine rings is 1. The number of aliphatic carboxylic acids is 5. The van der Waals surface area contributed by atoms with Gasteiger partial charge in [-0.3, -0.25) is 58.6 Å². The number of imide groups is 1. The molecular weight excluding hydrogens is 1430 g/mol. The highest BCUT2D eigenvalue weighted by Gasteiger charge is 2.41. The lowest BCUT2D eigenvalue weighted by atomic mass is 10.0. The number of nitrogens with one attached hydrogen (secondary N) is 6. The summed E-state index contributed by atoms with van der Waals surface area (Å²) < 4.78 is 159. The van der Waals surface area contributed by atoms with Gasteiger partial charge in [-0.05, 0) is 82.7 Å². The molecule has 17 N–H and O–H groups in total. The van der Waals surface area contributed by atoms with Crippen LogP contribution in [-0.4, -0.2) is 251 Å². The molecule has 2 fully saturated rings. The molecule has 0 aliphatic carbocycles. The number of alkyl halides is 15. The molecule has 576 valence electrons. The number of rotatable bonds is 23. The Labute approximate surface area is 568 Å². The fourth-order valence-corrected chi connectivity index (χ4v) is 8.44. The van der Waals surface area contributed by atoms with Crippen molar-refractivity contribution in [1.29, 1.82) is 0 Å². The summed E-state index contributed by atoms with van der Waals surface area (Å²) in [6.45, 7) is 9.99. The molecule has 0 aromatic heterocycles. The number of fused-ring (bicyclic) bond motifs is 2. The minimum absolute atomic E-state index is 0.00729. The average Bonchev–Trinajstić information content (AvgIpc) is 1.59. The first-order valence-corrected chi connectivity index (χ1v) is 29.6. The van der Waals surface area contributed by atoms with Crippen LogP contribution >= 0.6 is 0 Å². The maximum Gasteiger partial charge on any atom is 0.490 e. The molecule has 31 nitrogen and oxygen atoms in total. The lowest BCUT2D eigenvalue weighted by Crippen LogP contribution is -2.56. The monoisotopic (exact) mass is 1500 g/mol. The van der Waals surface area contributed by atoms with Gasteiger partial charge >= 0.3 is 60.7 Å². The van der Waals surface area contributed by atoms with Crippen molar-refractivity contribution in [3.8, 4) is 0 Å². The van der Waals surface area contributed by atoms with Gasteiger partial charge in [-0.1, -0.05) is 24.3 Å². The number of hydrogen-bond donors (Lipinski definition) is 14. The van der Waals surface area contributed by atoms with E-state index in [-0.39, 0.29) is 48.6 Å². The fraction of sp³-hybridized carbons (Fsp3) is 0.554. The number of amides is 7. The number of carbonyl (C=O) groups excluding carboxylic acids is 7. The lowest BCUT2D eigenvalue weighted by Gasteiger charge is -2.35. The van der Waals surface area contributed by atoms with Gasteiger partial charge < -0.3 is 74.2 Å². The number of aliphatic imine (C=N–C) groups is 1. The number of unbranched alkanes of at least 4 members (excludes halogenated alkanes) is 1. The third kappa shape index (κ3) is 38.2. The summed E-state index contributed by atoms with van der Waals surface area (Å²) in [4.78, 5) is 147. The van der Waals surface area contributed by atoms with Gasteiger partial charge in [0, 0.05) is 84.8 Å². The first kappa shape index (κ1) is 92.3. The van der Waals surface area contributed by atoms with Crippen molar-refractivity contribution in [3.63, 3.8) is 0 Å². The number of likely N-dealkylation sites (tertiary alicyclic amines) is 1. The first-order valence-electron chi connectivity index (χ1n) is 29.6. The molecule has 3 aliphatic rings. The number of nitrogens with zero attached hydrogens (tertiary/aromatic N) is 5. The van der Waals surface area contributed by atoms with Crippen LogP contribution in [0.15, 0.2) is 53.5 Å². The molecule has 102 heavy (non-hydrogen) atoms. The van der Waals surface area contributed by atoms with Gasteiger partial charge in [0.25, 0.3) is 5.91 Å². The number of hydrogen-bond acceptors (Lipinski definition) is 18. The molecule has 0 saturated carbocycles. The van der Waals surface area contributed by atoms with E-state index in [0.29, 0.717) is 101 Å². The van der Waals surface area contributed by atoms with Crippen LogP contribution in [0.4, 0.5) is 82.9 Å². The standard InChI is InChI=1S/C46H70N14O7.5C2HF3O2/c1-31(42(64)56-37(12-7-8-19-47)45(67)53-32(2)61)52-44(66)36(13-9-20-51-46(48)49)50-21-25-58-28-26-57(27-29-58)24-18-40(62)54-33-16-22-59(23-17-33)30-41(63)60-38-14-5-3-10-34(38)43(65)55-35-11-4-6-15-39(35)60;5*3-2(4,5)1(6)7/h3-6,10-11,14-15,31,33,36-37,50H,7-9,12-13,16-30,47H2,1-2H3,(H,52,66)(H,54,62)(H,55,65)(H,56,64)(H4,48,49,51)(H,53,61,67);5*(H,6,7)/t31-,36-,37-;;;;;/m0...../s1. The van der Waals surface area contributed by atoms with Crippen LogP contribution in [-0.2, 0) is 52.7 Å². The van der Waals surface area contributed by atoms with Crippen LogP contribution < -0.4 is 54.0 Å². The van der Waals surface area contributed by atoms with Gasteiger partial charge in [-0.15, -0.1) is 0 Å². The topological polar surface area (TPSA) is 482 Å². The number of nitrogens with two attached hydrogens (primary N) is 3. The van der Waals surface area contributed by atoms with Gasteiger partial charge in [-0.25, -0.2) is 24.0 Å². The third-order valence-electron chi connectivity index (χ3n) is 13.4. The number of anilines is 3. The van der Waals surface area contributed by atoms with Crippen LogP contribution in [0, 0.1) is 0 Å². The molecular formula is C56H75F15N14O17. The summed E-state index contributed by atoms with van der Waals surface area (Å²) in [6, 6.07) is 11.9. The maximum atomic E-state index is 13.9. The normalized spacial score (nSPS) is 15.1. The number of halogens is 15. The number of benzene rings is 2. The molecule has 5 rings (SSSR count). The number of carbonyl (C=O) groups is 12. The quantitative estimate of drug-likeness (QED) is 0.0329. The van der Waals surface area contributed by atoms with Crippen molar-refractivity contribution in [3.05, 3.63) is 54.1 Å². The predicted molar refractivity (Wildman–Crippen MR) is 325 cm³/mol. The molecule has 7 amide bonds. The maximum absolute atomic E-state index is 13.9. The molecule has 3 aliphatic heterocycles.